The second-order valence-electron chi connectivity index (χ2n) is 9.09. The predicted molar refractivity (Wildman–Crippen MR) is 116 cm³/mol. The van der Waals surface area contributed by atoms with Gasteiger partial charge in [-0.3, -0.25) is 9.59 Å². The number of rotatable bonds is 6. The third-order valence-electron chi connectivity index (χ3n) is 6.35. The molecular weight excluding hydrogens is 398 g/mol. The van der Waals surface area contributed by atoms with Crippen LogP contribution in [0.5, 0.6) is 5.75 Å². The number of likely N-dealkylation sites (tertiary alicyclic amines) is 1. The maximum absolute atomic E-state index is 12.8. The monoisotopic (exact) mass is 431 g/mol. The van der Waals surface area contributed by atoms with Crippen molar-refractivity contribution >= 4 is 17.5 Å². The lowest BCUT2D eigenvalue weighted by Gasteiger charge is -2.38. The molecule has 170 valence electrons. The van der Waals surface area contributed by atoms with Crippen LogP contribution in [0.15, 0.2) is 18.2 Å². The minimum atomic E-state index is -0.475. The summed E-state index contributed by atoms with van der Waals surface area (Å²) >= 11 is 0. The number of nitrogens with one attached hydrogen (secondary N) is 1. The van der Waals surface area contributed by atoms with Crippen molar-refractivity contribution in [1.29, 1.82) is 0 Å². The summed E-state index contributed by atoms with van der Waals surface area (Å²) in [5, 5.41) is 12.8. The predicted octanol–water partition coefficient (Wildman–Crippen LogP) is 1.58. The number of hydrogen-bond acceptors (Lipinski definition) is 6. The number of carbonyl (C=O) groups excluding carboxylic acids is 2. The summed E-state index contributed by atoms with van der Waals surface area (Å²) in [5.41, 5.74) is 1.73. The summed E-state index contributed by atoms with van der Waals surface area (Å²) in [5.74, 6) is 0.825. The van der Waals surface area contributed by atoms with E-state index in [-0.39, 0.29) is 36.5 Å². The maximum atomic E-state index is 12.8. The smallest absolute Gasteiger partial charge is 0.238 e. The highest BCUT2D eigenvalue weighted by Crippen LogP contribution is 2.47. The number of ether oxygens (including phenoxy) is 2. The van der Waals surface area contributed by atoms with Crippen molar-refractivity contribution in [3.05, 3.63) is 23.8 Å². The summed E-state index contributed by atoms with van der Waals surface area (Å²) in [6, 6.07) is 5.65. The van der Waals surface area contributed by atoms with Gasteiger partial charge in [-0.05, 0) is 58.0 Å². The van der Waals surface area contributed by atoms with Gasteiger partial charge < -0.3 is 29.7 Å². The highest BCUT2D eigenvalue weighted by atomic mass is 16.6. The molecule has 3 heterocycles. The molecule has 0 unspecified atom stereocenters. The number of nitrogens with zero attached hydrogens (tertiary/aromatic N) is 2. The Bertz CT molecular complexity index is 808. The SMILES string of the molecule is CN(C)CC(=O)Nc1ccc2c(c1)[C@@H]1C[C@@H](CC(=O)N3CCCCC3)O[C@@H](CO)[C@@H]1O2. The average molecular weight is 432 g/mol. The lowest BCUT2D eigenvalue weighted by Crippen LogP contribution is -2.48. The summed E-state index contributed by atoms with van der Waals surface area (Å²) < 4.78 is 12.2. The van der Waals surface area contributed by atoms with Crippen LogP contribution >= 0.6 is 0 Å². The van der Waals surface area contributed by atoms with Gasteiger partial charge in [0, 0.05) is 30.3 Å². The normalized spacial score (nSPS) is 27.4. The van der Waals surface area contributed by atoms with Crippen LogP contribution in [0.2, 0.25) is 0 Å². The molecule has 2 N–H and O–H groups in total. The molecule has 0 bridgehead atoms. The minimum Gasteiger partial charge on any atom is -0.487 e. The first-order valence-corrected chi connectivity index (χ1v) is 11.2. The molecule has 0 saturated carbocycles. The fraction of sp³-hybridized carbons (Fsp3) is 0.652. The number of aliphatic hydroxyl groups is 1. The number of amides is 2. The highest BCUT2D eigenvalue weighted by Gasteiger charge is 2.46. The molecule has 2 amide bonds. The van der Waals surface area contributed by atoms with Gasteiger partial charge in [0.2, 0.25) is 11.8 Å². The number of fused-ring (bicyclic) bond motifs is 3. The Hall–Kier alpha value is -2.16. The third-order valence-corrected chi connectivity index (χ3v) is 6.35. The number of carbonyl (C=O) groups is 2. The number of aliphatic hydroxyl groups excluding tert-OH is 1. The molecule has 1 aromatic rings. The molecule has 1 aromatic carbocycles. The van der Waals surface area contributed by atoms with Gasteiger partial charge in [0.25, 0.3) is 0 Å². The van der Waals surface area contributed by atoms with Crippen molar-refractivity contribution < 1.29 is 24.2 Å². The van der Waals surface area contributed by atoms with Crippen molar-refractivity contribution in [2.24, 2.45) is 0 Å². The number of likely N-dealkylation sites (N-methyl/N-ethyl adjacent to an activating group) is 1. The van der Waals surface area contributed by atoms with Gasteiger partial charge in [0.05, 0.1) is 25.7 Å². The number of benzene rings is 1. The molecule has 0 spiro atoms. The standard InChI is InChI=1S/C23H33N3O5/c1-25(2)13-21(28)24-15-6-7-19-17(10-15)18-11-16(30-20(14-27)23(18)31-19)12-22(29)26-8-4-3-5-9-26/h6-7,10,16,18,20,23,27H,3-5,8-9,11-14H2,1-2H3,(H,24,28)/t16-,18-,20-,23+/m0/s1. The highest BCUT2D eigenvalue weighted by molar-refractivity contribution is 5.92. The fourth-order valence-electron chi connectivity index (χ4n) is 4.92. The van der Waals surface area contributed by atoms with Gasteiger partial charge >= 0.3 is 0 Å². The van der Waals surface area contributed by atoms with E-state index in [9.17, 15) is 14.7 Å². The molecule has 4 atom stereocenters. The van der Waals surface area contributed by atoms with E-state index >= 15 is 0 Å². The lowest BCUT2D eigenvalue weighted by molar-refractivity contribution is -0.149. The van der Waals surface area contributed by atoms with Crippen molar-refractivity contribution in [3.63, 3.8) is 0 Å². The summed E-state index contributed by atoms with van der Waals surface area (Å²) in [7, 11) is 3.70. The van der Waals surface area contributed by atoms with Crippen LogP contribution in [0.3, 0.4) is 0 Å². The molecule has 2 fully saturated rings. The number of hydrogen-bond donors (Lipinski definition) is 2. The van der Waals surface area contributed by atoms with Crippen LogP contribution in [-0.4, -0.2) is 85.4 Å². The van der Waals surface area contributed by atoms with Gasteiger partial charge in [0.15, 0.2) is 0 Å². The first-order valence-electron chi connectivity index (χ1n) is 11.2. The molecule has 2 saturated heterocycles. The molecule has 0 radical (unpaired) electrons. The van der Waals surface area contributed by atoms with Gasteiger partial charge in [-0.25, -0.2) is 0 Å². The molecule has 0 aliphatic carbocycles. The van der Waals surface area contributed by atoms with E-state index in [4.69, 9.17) is 9.47 Å². The average Bonchev–Trinajstić information content (AvgIpc) is 3.11. The van der Waals surface area contributed by atoms with E-state index in [0.717, 1.165) is 42.9 Å². The fourth-order valence-corrected chi connectivity index (χ4v) is 4.92. The van der Waals surface area contributed by atoms with Crippen LogP contribution in [0.4, 0.5) is 5.69 Å². The third kappa shape index (κ3) is 5.02. The quantitative estimate of drug-likeness (QED) is 0.711. The van der Waals surface area contributed by atoms with Crippen LogP contribution < -0.4 is 10.1 Å². The zero-order chi connectivity index (χ0) is 22.0. The van der Waals surface area contributed by atoms with E-state index < -0.39 is 6.10 Å². The summed E-state index contributed by atoms with van der Waals surface area (Å²) in [4.78, 5) is 28.7. The maximum Gasteiger partial charge on any atom is 0.238 e. The van der Waals surface area contributed by atoms with Gasteiger partial charge in [-0.1, -0.05) is 0 Å². The first kappa shape index (κ1) is 22.0. The van der Waals surface area contributed by atoms with Crippen molar-refractivity contribution in [2.75, 3.05) is 45.7 Å². The molecular formula is C23H33N3O5. The van der Waals surface area contributed by atoms with Gasteiger partial charge in [0.1, 0.15) is 18.0 Å². The van der Waals surface area contributed by atoms with Gasteiger partial charge in [-0.2, -0.15) is 0 Å². The van der Waals surface area contributed by atoms with Crippen LogP contribution in [0.25, 0.3) is 0 Å². The summed E-state index contributed by atoms with van der Waals surface area (Å²) in [6.45, 7) is 1.79. The topological polar surface area (TPSA) is 91.3 Å². The van der Waals surface area contributed by atoms with Crippen LogP contribution in [0.1, 0.15) is 43.6 Å². The number of piperidine rings is 1. The molecule has 0 aromatic heterocycles. The zero-order valence-corrected chi connectivity index (χ0v) is 18.4. The molecule has 8 heteroatoms. The molecule has 4 rings (SSSR count). The Kier molecular flexibility index (Phi) is 6.79. The lowest BCUT2D eigenvalue weighted by atomic mass is 9.84. The number of anilines is 1. The molecule has 8 nitrogen and oxygen atoms in total. The first-order chi connectivity index (χ1) is 14.9. The minimum absolute atomic E-state index is 0.0192. The Morgan fingerprint density at radius 2 is 2.00 bits per heavy atom. The van der Waals surface area contributed by atoms with Crippen LogP contribution in [0, 0.1) is 0 Å². The summed E-state index contributed by atoms with van der Waals surface area (Å²) in [6.07, 6.45) is 3.27. The van der Waals surface area contributed by atoms with E-state index in [2.05, 4.69) is 5.32 Å². The second-order valence-corrected chi connectivity index (χ2v) is 9.09. The van der Waals surface area contributed by atoms with Crippen molar-refractivity contribution in [1.82, 2.24) is 9.80 Å². The Morgan fingerprint density at radius 1 is 1.23 bits per heavy atom. The zero-order valence-electron chi connectivity index (χ0n) is 18.4. The van der Waals surface area contributed by atoms with E-state index in [1.54, 1.807) is 0 Å². The van der Waals surface area contributed by atoms with Gasteiger partial charge in [-0.15, -0.1) is 0 Å². The molecule has 31 heavy (non-hydrogen) atoms. The molecule has 3 aliphatic rings. The van der Waals surface area contributed by atoms with E-state index in [1.807, 2.05) is 42.1 Å². The largest absolute Gasteiger partial charge is 0.487 e. The Labute approximate surface area is 183 Å². The van der Waals surface area contributed by atoms with Crippen molar-refractivity contribution in [2.45, 2.75) is 56.3 Å². The van der Waals surface area contributed by atoms with Crippen molar-refractivity contribution in [3.8, 4) is 5.75 Å². The van der Waals surface area contributed by atoms with Crippen LogP contribution in [-0.2, 0) is 14.3 Å². The molecule has 3 aliphatic heterocycles. The second kappa shape index (κ2) is 9.54. The van der Waals surface area contributed by atoms with E-state index in [1.165, 1.54) is 6.42 Å². The Balaban J connectivity index is 1.47. The Morgan fingerprint density at radius 3 is 2.71 bits per heavy atom. The van der Waals surface area contributed by atoms with E-state index in [0.29, 0.717) is 19.4 Å².